The fourth-order valence-corrected chi connectivity index (χ4v) is 3.33. The van der Waals surface area contributed by atoms with E-state index in [0.717, 1.165) is 30.4 Å². The highest BCUT2D eigenvalue weighted by Gasteiger charge is 2.20. The smallest absolute Gasteiger partial charge is 0.344 e. The van der Waals surface area contributed by atoms with Crippen molar-refractivity contribution < 1.29 is 28.5 Å². The standard InChI is InChI=1S/C27H38O6/c1-26(2,3)32-23-17-20(16-22(29-7)25(23)30-8)13-9-11-19-12-10-14-21(15-19)31-18-24(28)33-27(4,5)6/h10,12,14-17H,9,11,13,18H2,1-8H3. The van der Waals surface area contributed by atoms with Crippen LogP contribution in [0.15, 0.2) is 36.4 Å². The van der Waals surface area contributed by atoms with E-state index in [1.54, 1.807) is 14.2 Å². The SMILES string of the molecule is COc1cc(CCCc2cccc(OCC(=O)OC(C)(C)C)c2)cc(OC(C)(C)C)c1OC. The van der Waals surface area contributed by atoms with Gasteiger partial charge in [0, 0.05) is 0 Å². The Balaban J connectivity index is 2.00. The van der Waals surface area contributed by atoms with Gasteiger partial charge in [0.1, 0.15) is 17.0 Å². The summed E-state index contributed by atoms with van der Waals surface area (Å²) in [6.45, 7) is 11.4. The van der Waals surface area contributed by atoms with Gasteiger partial charge in [0.05, 0.1) is 14.2 Å². The minimum atomic E-state index is -0.524. The highest BCUT2D eigenvalue weighted by Crippen LogP contribution is 2.40. The monoisotopic (exact) mass is 458 g/mol. The van der Waals surface area contributed by atoms with E-state index in [4.69, 9.17) is 23.7 Å². The van der Waals surface area contributed by atoms with Crippen LogP contribution in [0.25, 0.3) is 0 Å². The Morgan fingerprint density at radius 2 is 1.48 bits per heavy atom. The quantitative estimate of drug-likeness (QED) is 0.421. The van der Waals surface area contributed by atoms with Gasteiger partial charge in [0.15, 0.2) is 18.1 Å². The van der Waals surface area contributed by atoms with Gasteiger partial charge in [-0.25, -0.2) is 4.79 Å². The molecule has 0 amide bonds. The van der Waals surface area contributed by atoms with Crippen molar-refractivity contribution in [2.45, 2.75) is 72.0 Å². The van der Waals surface area contributed by atoms with Crippen molar-refractivity contribution in [3.05, 3.63) is 47.5 Å². The van der Waals surface area contributed by atoms with Crippen molar-refractivity contribution in [1.82, 2.24) is 0 Å². The summed E-state index contributed by atoms with van der Waals surface area (Å²) in [4.78, 5) is 11.9. The first-order chi connectivity index (χ1) is 15.4. The molecule has 0 heterocycles. The van der Waals surface area contributed by atoms with Gasteiger partial charge in [-0.3, -0.25) is 0 Å². The number of hydrogen-bond donors (Lipinski definition) is 0. The first-order valence-corrected chi connectivity index (χ1v) is 11.3. The third-order valence-electron chi connectivity index (χ3n) is 4.53. The van der Waals surface area contributed by atoms with Gasteiger partial charge in [-0.2, -0.15) is 0 Å². The molecule has 2 aromatic carbocycles. The molecule has 0 atom stereocenters. The first kappa shape index (κ1) is 26.4. The average molecular weight is 459 g/mol. The first-order valence-electron chi connectivity index (χ1n) is 11.3. The van der Waals surface area contributed by atoms with E-state index < -0.39 is 5.60 Å². The highest BCUT2D eigenvalue weighted by molar-refractivity contribution is 5.71. The Morgan fingerprint density at radius 3 is 2.09 bits per heavy atom. The summed E-state index contributed by atoms with van der Waals surface area (Å²) in [7, 11) is 3.25. The lowest BCUT2D eigenvalue weighted by molar-refractivity contribution is -0.157. The molecular weight excluding hydrogens is 420 g/mol. The number of ether oxygens (including phenoxy) is 5. The van der Waals surface area contributed by atoms with Gasteiger partial charge in [-0.1, -0.05) is 12.1 Å². The molecule has 0 bridgehead atoms. The summed E-state index contributed by atoms with van der Waals surface area (Å²) in [6.07, 6.45) is 2.65. The van der Waals surface area contributed by atoms with Crippen LogP contribution in [0, 0.1) is 0 Å². The Bertz CT molecular complexity index is 921. The number of rotatable bonds is 10. The maximum absolute atomic E-state index is 11.9. The van der Waals surface area contributed by atoms with E-state index in [1.807, 2.05) is 71.9 Å². The molecule has 2 aromatic rings. The van der Waals surface area contributed by atoms with E-state index in [0.29, 0.717) is 23.0 Å². The van der Waals surface area contributed by atoms with E-state index in [1.165, 1.54) is 0 Å². The van der Waals surface area contributed by atoms with Crippen molar-refractivity contribution >= 4 is 5.97 Å². The van der Waals surface area contributed by atoms with Crippen LogP contribution in [0.3, 0.4) is 0 Å². The molecule has 0 aliphatic rings. The largest absolute Gasteiger partial charge is 0.493 e. The normalized spacial score (nSPS) is 11.6. The molecule has 0 aliphatic heterocycles. The Morgan fingerprint density at radius 1 is 0.818 bits per heavy atom. The molecule has 0 fully saturated rings. The van der Waals surface area contributed by atoms with Crippen LogP contribution in [0.4, 0.5) is 0 Å². The lowest BCUT2D eigenvalue weighted by atomic mass is 10.0. The molecule has 0 aromatic heterocycles. The molecule has 0 unspecified atom stereocenters. The number of carbonyl (C=O) groups excluding carboxylic acids is 1. The summed E-state index contributed by atoms with van der Waals surface area (Å²) < 4.78 is 28.1. The van der Waals surface area contributed by atoms with Gasteiger partial charge >= 0.3 is 5.97 Å². The Labute approximate surface area is 198 Å². The summed E-state index contributed by atoms with van der Waals surface area (Å²) in [5, 5.41) is 0. The van der Waals surface area contributed by atoms with Gasteiger partial charge in [0.2, 0.25) is 5.75 Å². The van der Waals surface area contributed by atoms with E-state index in [9.17, 15) is 4.79 Å². The highest BCUT2D eigenvalue weighted by atomic mass is 16.6. The molecule has 182 valence electrons. The molecule has 0 radical (unpaired) electrons. The predicted molar refractivity (Wildman–Crippen MR) is 130 cm³/mol. The average Bonchev–Trinajstić information content (AvgIpc) is 2.70. The molecule has 0 spiro atoms. The second-order valence-corrected chi connectivity index (χ2v) is 9.92. The van der Waals surface area contributed by atoms with E-state index in [-0.39, 0.29) is 18.2 Å². The minimum Gasteiger partial charge on any atom is -0.493 e. The number of esters is 1. The Hall–Kier alpha value is -2.89. The third kappa shape index (κ3) is 9.24. The fourth-order valence-electron chi connectivity index (χ4n) is 3.33. The molecular formula is C27H38O6. The zero-order valence-corrected chi connectivity index (χ0v) is 21.2. The van der Waals surface area contributed by atoms with Crippen LogP contribution in [-0.2, 0) is 22.4 Å². The van der Waals surface area contributed by atoms with Crippen LogP contribution < -0.4 is 18.9 Å². The van der Waals surface area contributed by atoms with Crippen LogP contribution >= 0.6 is 0 Å². The number of methoxy groups -OCH3 is 2. The molecule has 0 saturated carbocycles. The molecule has 2 rings (SSSR count). The van der Waals surface area contributed by atoms with Crippen molar-refractivity contribution in [1.29, 1.82) is 0 Å². The van der Waals surface area contributed by atoms with Crippen LogP contribution in [0.5, 0.6) is 23.0 Å². The second kappa shape index (κ2) is 11.3. The minimum absolute atomic E-state index is 0.108. The van der Waals surface area contributed by atoms with E-state index >= 15 is 0 Å². The number of hydrogen-bond acceptors (Lipinski definition) is 6. The number of benzene rings is 2. The molecule has 33 heavy (non-hydrogen) atoms. The maximum atomic E-state index is 11.9. The lowest BCUT2D eigenvalue weighted by Crippen LogP contribution is -2.27. The third-order valence-corrected chi connectivity index (χ3v) is 4.53. The summed E-state index contributed by atoms with van der Waals surface area (Å²) >= 11 is 0. The number of carbonyl (C=O) groups is 1. The van der Waals surface area contributed by atoms with Gasteiger partial charge in [-0.15, -0.1) is 0 Å². The zero-order valence-electron chi connectivity index (χ0n) is 21.2. The van der Waals surface area contributed by atoms with E-state index in [2.05, 4.69) is 6.07 Å². The fraction of sp³-hybridized carbons (Fsp3) is 0.519. The molecule has 6 heteroatoms. The van der Waals surface area contributed by atoms with Crippen LogP contribution in [-0.4, -0.2) is 38.0 Å². The molecule has 6 nitrogen and oxygen atoms in total. The van der Waals surface area contributed by atoms with Crippen molar-refractivity contribution in [3.8, 4) is 23.0 Å². The van der Waals surface area contributed by atoms with Crippen molar-refractivity contribution in [3.63, 3.8) is 0 Å². The van der Waals surface area contributed by atoms with Crippen molar-refractivity contribution in [2.75, 3.05) is 20.8 Å². The van der Waals surface area contributed by atoms with Crippen LogP contribution in [0.1, 0.15) is 59.1 Å². The van der Waals surface area contributed by atoms with Crippen LogP contribution in [0.2, 0.25) is 0 Å². The van der Waals surface area contributed by atoms with Crippen molar-refractivity contribution in [2.24, 2.45) is 0 Å². The summed E-state index contributed by atoms with van der Waals surface area (Å²) in [6, 6.07) is 11.8. The lowest BCUT2D eigenvalue weighted by Gasteiger charge is -2.24. The Kier molecular flexibility index (Phi) is 9.03. The molecule has 0 aliphatic carbocycles. The zero-order chi connectivity index (χ0) is 24.6. The van der Waals surface area contributed by atoms with Gasteiger partial charge in [-0.05, 0) is 96.2 Å². The summed E-state index contributed by atoms with van der Waals surface area (Å²) in [5.74, 6) is 2.22. The molecule has 0 saturated heterocycles. The second-order valence-electron chi connectivity index (χ2n) is 9.92. The topological polar surface area (TPSA) is 63.2 Å². The predicted octanol–water partition coefficient (Wildman–Crippen LogP) is 5.78. The number of aryl methyl sites for hydroxylation is 2. The van der Waals surface area contributed by atoms with Gasteiger partial charge in [0.25, 0.3) is 0 Å². The summed E-state index contributed by atoms with van der Waals surface area (Å²) in [5.41, 5.74) is 1.38. The maximum Gasteiger partial charge on any atom is 0.344 e. The molecule has 0 N–H and O–H groups in total. The van der Waals surface area contributed by atoms with Gasteiger partial charge < -0.3 is 23.7 Å².